The molecule has 0 fully saturated rings. The SMILES string of the molecule is CC(C)N(CCO)S(=O)(=O)c1ccccc1[N+](=O)[O-]. The van der Waals surface area contributed by atoms with Crippen molar-refractivity contribution in [3.8, 4) is 0 Å². The number of hydrogen-bond donors (Lipinski definition) is 1. The molecule has 0 amide bonds. The van der Waals surface area contributed by atoms with Crippen molar-refractivity contribution in [2.24, 2.45) is 0 Å². The molecule has 0 aromatic heterocycles. The predicted octanol–water partition coefficient (Wildman–Crippen LogP) is 0.986. The van der Waals surface area contributed by atoms with Crippen molar-refractivity contribution in [1.29, 1.82) is 0 Å². The number of sulfonamides is 1. The Morgan fingerprint density at radius 3 is 2.42 bits per heavy atom. The summed E-state index contributed by atoms with van der Waals surface area (Å²) in [6, 6.07) is 4.77. The minimum Gasteiger partial charge on any atom is -0.395 e. The standard InChI is InChI=1S/C11H16N2O5S/c1-9(2)12(7-8-14)19(17,18)11-6-4-3-5-10(11)13(15)16/h3-6,9,14H,7-8H2,1-2H3. The zero-order chi connectivity index (χ0) is 14.6. The van der Waals surface area contributed by atoms with Gasteiger partial charge in [-0.2, -0.15) is 4.31 Å². The van der Waals surface area contributed by atoms with Gasteiger partial charge < -0.3 is 5.11 Å². The molecule has 0 heterocycles. The van der Waals surface area contributed by atoms with Gasteiger partial charge in [-0.05, 0) is 19.9 Å². The summed E-state index contributed by atoms with van der Waals surface area (Å²) < 4.78 is 25.8. The van der Waals surface area contributed by atoms with E-state index >= 15 is 0 Å². The lowest BCUT2D eigenvalue weighted by Gasteiger charge is -2.24. The lowest BCUT2D eigenvalue weighted by molar-refractivity contribution is -0.387. The maximum Gasteiger partial charge on any atom is 0.289 e. The molecule has 1 aromatic carbocycles. The van der Waals surface area contributed by atoms with Crippen LogP contribution in [-0.4, -0.2) is 41.9 Å². The highest BCUT2D eigenvalue weighted by atomic mass is 32.2. The summed E-state index contributed by atoms with van der Waals surface area (Å²) in [5, 5.41) is 19.8. The summed E-state index contributed by atoms with van der Waals surface area (Å²) in [5.74, 6) is 0. The van der Waals surface area contributed by atoms with Crippen LogP contribution in [0.2, 0.25) is 0 Å². The van der Waals surface area contributed by atoms with Crippen LogP contribution in [0.4, 0.5) is 5.69 Å². The smallest absolute Gasteiger partial charge is 0.289 e. The van der Waals surface area contributed by atoms with Crippen LogP contribution in [0.25, 0.3) is 0 Å². The minimum atomic E-state index is -4.01. The summed E-state index contributed by atoms with van der Waals surface area (Å²) >= 11 is 0. The molecule has 106 valence electrons. The number of nitro groups is 1. The molecule has 7 nitrogen and oxygen atoms in total. The lowest BCUT2D eigenvalue weighted by Crippen LogP contribution is -2.39. The van der Waals surface area contributed by atoms with Crippen LogP contribution in [0.3, 0.4) is 0 Å². The maximum absolute atomic E-state index is 12.4. The van der Waals surface area contributed by atoms with Crippen LogP contribution in [0.1, 0.15) is 13.8 Å². The highest BCUT2D eigenvalue weighted by molar-refractivity contribution is 7.89. The number of nitro benzene ring substituents is 1. The molecule has 19 heavy (non-hydrogen) atoms. The van der Waals surface area contributed by atoms with Gasteiger partial charge >= 0.3 is 0 Å². The second kappa shape index (κ2) is 6.09. The molecule has 8 heteroatoms. The fourth-order valence-electron chi connectivity index (χ4n) is 1.71. The highest BCUT2D eigenvalue weighted by Crippen LogP contribution is 2.27. The Hall–Kier alpha value is -1.51. The zero-order valence-electron chi connectivity index (χ0n) is 10.7. The third-order valence-corrected chi connectivity index (χ3v) is 4.67. The molecule has 0 aliphatic rings. The van der Waals surface area contributed by atoms with Crippen LogP contribution in [-0.2, 0) is 10.0 Å². The van der Waals surface area contributed by atoms with E-state index in [9.17, 15) is 18.5 Å². The number of para-hydroxylation sites is 1. The second-order valence-corrected chi connectivity index (χ2v) is 6.02. The van der Waals surface area contributed by atoms with E-state index < -0.39 is 26.7 Å². The van der Waals surface area contributed by atoms with Crippen molar-refractivity contribution in [3.63, 3.8) is 0 Å². The first-order valence-corrected chi connectivity index (χ1v) is 7.12. The largest absolute Gasteiger partial charge is 0.395 e. The number of aliphatic hydroxyl groups excluding tert-OH is 1. The number of aliphatic hydroxyl groups is 1. The van der Waals surface area contributed by atoms with E-state index in [0.29, 0.717) is 0 Å². The first-order chi connectivity index (χ1) is 8.82. The number of benzene rings is 1. The minimum absolute atomic E-state index is 0.105. The van der Waals surface area contributed by atoms with Crippen molar-refractivity contribution in [1.82, 2.24) is 4.31 Å². The van der Waals surface area contributed by atoms with E-state index in [1.165, 1.54) is 18.2 Å². The molecule has 0 aliphatic heterocycles. The van der Waals surface area contributed by atoms with E-state index in [4.69, 9.17) is 5.11 Å². The summed E-state index contributed by atoms with van der Waals surface area (Å²) in [5.41, 5.74) is -0.467. The molecule has 1 rings (SSSR count). The van der Waals surface area contributed by atoms with Gasteiger partial charge in [0.15, 0.2) is 4.90 Å². The van der Waals surface area contributed by atoms with Crippen molar-refractivity contribution < 1.29 is 18.4 Å². The van der Waals surface area contributed by atoms with Crippen LogP contribution >= 0.6 is 0 Å². The van der Waals surface area contributed by atoms with Gasteiger partial charge in [-0.1, -0.05) is 12.1 Å². The predicted molar refractivity (Wildman–Crippen MR) is 69.2 cm³/mol. The summed E-state index contributed by atoms with van der Waals surface area (Å²) in [4.78, 5) is 9.80. The Morgan fingerprint density at radius 1 is 1.37 bits per heavy atom. The molecular formula is C11H16N2O5S. The third-order valence-electron chi connectivity index (χ3n) is 2.54. The first kappa shape index (κ1) is 15.5. The number of hydrogen-bond acceptors (Lipinski definition) is 5. The molecular weight excluding hydrogens is 272 g/mol. The molecule has 0 unspecified atom stereocenters. The van der Waals surface area contributed by atoms with Gasteiger partial charge in [0.1, 0.15) is 0 Å². The van der Waals surface area contributed by atoms with Crippen LogP contribution in [0.15, 0.2) is 29.2 Å². The molecule has 0 saturated heterocycles. The average molecular weight is 288 g/mol. The van der Waals surface area contributed by atoms with E-state index in [0.717, 1.165) is 10.4 Å². The molecule has 1 N–H and O–H groups in total. The van der Waals surface area contributed by atoms with Gasteiger partial charge in [0.25, 0.3) is 5.69 Å². The molecule has 0 aliphatic carbocycles. The number of rotatable bonds is 6. The molecule has 0 bridgehead atoms. The van der Waals surface area contributed by atoms with Crippen molar-refractivity contribution in [3.05, 3.63) is 34.4 Å². The fraction of sp³-hybridized carbons (Fsp3) is 0.455. The quantitative estimate of drug-likeness (QED) is 0.621. The molecule has 1 aromatic rings. The highest BCUT2D eigenvalue weighted by Gasteiger charge is 2.32. The van der Waals surface area contributed by atoms with Gasteiger partial charge in [-0.15, -0.1) is 0 Å². The topological polar surface area (TPSA) is 101 Å². The van der Waals surface area contributed by atoms with E-state index in [2.05, 4.69) is 0 Å². The Kier molecular flexibility index (Phi) is 4.98. The summed E-state index contributed by atoms with van der Waals surface area (Å²) in [7, 11) is -4.01. The maximum atomic E-state index is 12.4. The van der Waals surface area contributed by atoms with Crippen molar-refractivity contribution in [2.75, 3.05) is 13.2 Å². The second-order valence-electron chi connectivity index (χ2n) is 4.16. The third kappa shape index (κ3) is 3.28. The van der Waals surface area contributed by atoms with Gasteiger partial charge in [0, 0.05) is 18.7 Å². The van der Waals surface area contributed by atoms with E-state index in [1.807, 2.05) is 0 Å². The van der Waals surface area contributed by atoms with Crippen LogP contribution in [0, 0.1) is 10.1 Å². The van der Waals surface area contributed by atoms with Gasteiger partial charge in [0.05, 0.1) is 11.5 Å². The molecule has 0 saturated carbocycles. The van der Waals surface area contributed by atoms with E-state index in [1.54, 1.807) is 13.8 Å². The van der Waals surface area contributed by atoms with Crippen LogP contribution < -0.4 is 0 Å². The number of nitrogens with zero attached hydrogens (tertiary/aromatic N) is 2. The fourth-order valence-corrected chi connectivity index (χ4v) is 3.49. The van der Waals surface area contributed by atoms with Crippen molar-refractivity contribution in [2.45, 2.75) is 24.8 Å². The Bertz CT molecular complexity index is 556. The summed E-state index contributed by atoms with van der Waals surface area (Å²) in [6.07, 6.45) is 0. The van der Waals surface area contributed by atoms with Gasteiger partial charge in [-0.3, -0.25) is 10.1 Å². The monoisotopic (exact) mass is 288 g/mol. The molecule has 0 atom stereocenters. The Labute approximate surface area is 111 Å². The zero-order valence-corrected chi connectivity index (χ0v) is 11.5. The van der Waals surface area contributed by atoms with Gasteiger partial charge in [0.2, 0.25) is 10.0 Å². The molecule has 0 spiro atoms. The normalized spacial score (nSPS) is 12.1. The average Bonchev–Trinajstić information content (AvgIpc) is 2.35. The van der Waals surface area contributed by atoms with Crippen molar-refractivity contribution >= 4 is 15.7 Å². The molecule has 0 radical (unpaired) electrons. The summed E-state index contributed by atoms with van der Waals surface area (Å²) in [6.45, 7) is 2.83. The van der Waals surface area contributed by atoms with Gasteiger partial charge in [-0.25, -0.2) is 8.42 Å². The Morgan fingerprint density at radius 2 is 1.95 bits per heavy atom. The Balaban J connectivity index is 3.37. The lowest BCUT2D eigenvalue weighted by atomic mass is 10.3. The van der Waals surface area contributed by atoms with E-state index in [-0.39, 0.29) is 18.0 Å². The first-order valence-electron chi connectivity index (χ1n) is 5.68. The van der Waals surface area contributed by atoms with Crippen LogP contribution in [0.5, 0.6) is 0 Å².